The van der Waals surface area contributed by atoms with Crippen LogP contribution in [0.15, 0.2) is 11.6 Å². The summed E-state index contributed by atoms with van der Waals surface area (Å²) in [7, 11) is 0. The first-order valence-corrected chi connectivity index (χ1v) is 7.54. The van der Waals surface area contributed by atoms with Gasteiger partial charge in [-0.15, -0.1) is 6.42 Å². The molecule has 3 amide bonds. The summed E-state index contributed by atoms with van der Waals surface area (Å²) < 4.78 is 5.20. The molecule has 0 aromatic carbocycles. The third-order valence-corrected chi connectivity index (χ3v) is 4.42. The molecule has 2 aliphatic rings. The highest BCUT2D eigenvalue weighted by Gasteiger charge is 2.61. The lowest BCUT2D eigenvalue weighted by molar-refractivity contribution is -0.151. The number of hydrogen-bond donors (Lipinski definition) is 0. The van der Waals surface area contributed by atoms with Gasteiger partial charge in [0.2, 0.25) is 0 Å². The number of esters is 1. The number of urea groups is 1. The second-order valence-electron chi connectivity index (χ2n) is 6.83. The summed E-state index contributed by atoms with van der Waals surface area (Å²) in [6, 6.07) is -0.517. The maximum atomic E-state index is 12.2. The summed E-state index contributed by atoms with van der Waals surface area (Å²) in [5.41, 5.74) is 0.983. The van der Waals surface area contributed by atoms with E-state index in [0.29, 0.717) is 0 Å². The molecule has 0 aromatic heterocycles. The van der Waals surface area contributed by atoms with E-state index in [1.165, 1.54) is 4.90 Å². The van der Waals surface area contributed by atoms with Gasteiger partial charge in [-0.05, 0) is 25.2 Å². The van der Waals surface area contributed by atoms with Crippen LogP contribution >= 0.6 is 0 Å². The molecule has 1 aliphatic carbocycles. The van der Waals surface area contributed by atoms with Crippen molar-refractivity contribution in [1.29, 1.82) is 0 Å². The average Bonchev–Trinajstić information content (AvgIpc) is 2.85. The van der Waals surface area contributed by atoms with Crippen LogP contribution in [0, 0.1) is 29.6 Å². The smallest absolute Gasteiger partial charge is 0.330 e. The van der Waals surface area contributed by atoms with Crippen molar-refractivity contribution in [2.45, 2.75) is 27.7 Å². The highest BCUT2D eigenvalue weighted by atomic mass is 16.5. The fourth-order valence-electron chi connectivity index (χ4n) is 2.97. The second kappa shape index (κ2) is 6.07. The van der Waals surface area contributed by atoms with Crippen molar-refractivity contribution >= 4 is 17.9 Å². The molecule has 23 heavy (non-hydrogen) atoms. The molecule has 124 valence electrons. The number of carbonyl (C=O) groups excluding carboxylic acids is 3. The maximum absolute atomic E-state index is 12.2. The van der Waals surface area contributed by atoms with Crippen LogP contribution in [-0.2, 0) is 14.3 Å². The highest BCUT2D eigenvalue weighted by Crippen LogP contribution is 2.59. The molecule has 2 atom stereocenters. The van der Waals surface area contributed by atoms with Gasteiger partial charge in [0, 0.05) is 0 Å². The Balaban J connectivity index is 1.93. The predicted octanol–water partition coefficient (Wildman–Crippen LogP) is 1.62. The van der Waals surface area contributed by atoms with Gasteiger partial charge < -0.3 is 9.64 Å². The zero-order valence-corrected chi connectivity index (χ0v) is 14.0. The molecule has 1 saturated carbocycles. The van der Waals surface area contributed by atoms with Crippen LogP contribution in [0.3, 0.4) is 0 Å². The van der Waals surface area contributed by atoms with Crippen molar-refractivity contribution in [2.24, 2.45) is 17.3 Å². The number of allylic oxidation sites excluding steroid dienone is 2. The molecule has 2 rings (SSSR count). The van der Waals surface area contributed by atoms with Crippen LogP contribution in [0.2, 0.25) is 0 Å². The summed E-state index contributed by atoms with van der Waals surface area (Å²) in [5, 5.41) is 0. The summed E-state index contributed by atoms with van der Waals surface area (Å²) in [6.07, 6.45) is 7.21. The number of carbonyl (C=O) groups is 3. The summed E-state index contributed by atoms with van der Waals surface area (Å²) in [5.74, 6) is 1.42. The normalized spacial score (nSPS) is 25.2. The molecule has 6 nitrogen and oxygen atoms in total. The Kier molecular flexibility index (Phi) is 4.51. The summed E-state index contributed by atoms with van der Waals surface area (Å²) in [6.45, 7) is 7.61. The van der Waals surface area contributed by atoms with E-state index in [9.17, 15) is 14.4 Å². The number of nitrogens with zero attached hydrogens (tertiary/aromatic N) is 2. The van der Waals surface area contributed by atoms with Crippen LogP contribution in [0.25, 0.3) is 0 Å². The average molecular weight is 318 g/mol. The molecule has 0 spiro atoms. The Labute approximate surface area is 136 Å². The van der Waals surface area contributed by atoms with Gasteiger partial charge in [0.1, 0.15) is 6.54 Å². The highest BCUT2D eigenvalue weighted by molar-refractivity contribution is 6.02. The molecule has 6 heteroatoms. The van der Waals surface area contributed by atoms with Gasteiger partial charge in [0.15, 0.2) is 6.73 Å². The predicted molar refractivity (Wildman–Crippen MR) is 83.8 cm³/mol. The Hall–Kier alpha value is -2.29. The topological polar surface area (TPSA) is 66.9 Å². The Bertz CT molecular complexity index is 611. The van der Waals surface area contributed by atoms with Crippen molar-refractivity contribution < 1.29 is 19.1 Å². The lowest BCUT2D eigenvalue weighted by atomic mass is 10.1. The third kappa shape index (κ3) is 3.24. The molecular weight excluding hydrogens is 296 g/mol. The lowest BCUT2D eigenvalue weighted by Gasteiger charge is -2.15. The molecule has 1 heterocycles. The molecule has 0 N–H and O–H groups in total. The SMILES string of the molecule is C#CCN1CC(=O)N(COC(=O)[C@@H]2C(C=C(C)C)C2(C)C)C1=O. The number of rotatable bonds is 5. The molecule has 0 radical (unpaired) electrons. The molecule has 1 saturated heterocycles. The maximum Gasteiger partial charge on any atom is 0.330 e. The minimum Gasteiger partial charge on any atom is -0.443 e. The monoisotopic (exact) mass is 318 g/mol. The second-order valence-corrected chi connectivity index (χ2v) is 6.83. The van der Waals surface area contributed by atoms with E-state index in [4.69, 9.17) is 11.2 Å². The van der Waals surface area contributed by atoms with Crippen LogP contribution in [-0.4, -0.2) is 47.5 Å². The minimum atomic E-state index is -0.517. The zero-order valence-electron chi connectivity index (χ0n) is 14.0. The Morgan fingerprint density at radius 3 is 2.65 bits per heavy atom. The molecule has 0 bridgehead atoms. The first-order chi connectivity index (χ1) is 10.7. The van der Waals surface area contributed by atoms with E-state index in [2.05, 4.69) is 12.0 Å². The van der Waals surface area contributed by atoms with Crippen LogP contribution in [0.5, 0.6) is 0 Å². The van der Waals surface area contributed by atoms with Gasteiger partial charge in [-0.2, -0.15) is 0 Å². The first-order valence-electron chi connectivity index (χ1n) is 7.54. The lowest BCUT2D eigenvalue weighted by Crippen LogP contribution is -2.36. The zero-order chi connectivity index (χ0) is 17.4. The van der Waals surface area contributed by atoms with E-state index >= 15 is 0 Å². The largest absolute Gasteiger partial charge is 0.443 e. The van der Waals surface area contributed by atoms with Gasteiger partial charge >= 0.3 is 12.0 Å². The van der Waals surface area contributed by atoms with Crippen LogP contribution in [0.1, 0.15) is 27.7 Å². The number of amides is 3. The summed E-state index contributed by atoms with van der Waals surface area (Å²) >= 11 is 0. The quantitative estimate of drug-likeness (QED) is 0.334. The first kappa shape index (κ1) is 17.1. The van der Waals surface area contributed by atoms with Crippen LogP contribution in [0.4, 0.5) is 4.79 Å². The molecule has 1 unspecified atom stereocenters. The number of imide groups is 1. The minimum absolute atomic E-state index is 0.0628. The van der Waals surface area contributed by atoms with Crippen molar-refractivity contribution in [3.05, 3.63) is 11.6 Å². The van der Waals surface area contributed by atoms with E-state index in [0.717, 1.165) is 10.5 Å². The van der Waals surface area contributed by atoms with Crippen LogP contribution < -0.4 is 0 Å². The van der Waals surface area contributed by atoms with E-state index in [-0.39, 0.29) is 43.0 Å². The Morgan fingerprint density at radius 2 is 2.09 bits per heavy atom. The molecule has 2 fully saturated rings. The van der Waals surface area contributed by atoms with Gasteiger partial charge in [-0.3, -0.25) is 9.59 Å². The third-order valence-electron chi connectivity index (χ3n) is 4.42. The molecular formula is C17H22N2O4. The summed E-state index contributed by atoms with van der Waals surface area (Å²) in [4.78, 5) is 38.2. The van der Waals surface area contributed by atoms with Gasteiger partial charge in [0.25, 0.3) is 5.91 Å². The van der Waals surface area contributed by atoms with Gasteiger partial charge in [-0.1, -0.05) is 31.4 Å². The Morgan fingerprint density at radius 1 is 1.43 bits per heavy atom. The number of hydrogen-bond acceptors (Lipinski definition) is 4. The molecule has 1 aliphatic heterocycles. The van der Waals surface area contributed by atoms with Crippen molar-refractivity contribution in [1.82, 2.24) is 9.80 Å². The van der Waals surface area contributed by atoms with Crippen molar-refractivity contribution in [3.63, 3.8) is 0 Å². The van der Waals surface area contributed by atoms with E-state index < -0.39 is 11.9 Å². The standard InChI is InChI=1S/C17H22N2O4/c1-6-7-18-9-13(20)19(16(18)22)10-23-15(21)14-12(8-11(2)3)17(14,4)5/h1,8,12,14H,7,9-10H2,2-5H3/t12?,14-/m0/s1. The van der Waals surface area contributed by atoms with Crippen molar-refractivity contribution in [2.75, 3.05) is 19.8 Å². The van der Waals surface area contributed by atoms with Gasteiger partial charge in [0.05, 0.1) is 12.5 Å². The van der Waals surface area contributed by atoms with E-state index in [1.807, 2.05) is 27.7 Å². The number of ether oxygens (including phenoxy) is 1. The van der Waals surface area contributed by atoms with Gasteiger partial charge in [-0.25, -0.2) is 9.69 Å². The number of terminal acetylenes is 1. The fourth-order valence-corrected chi connectivity index (χ4v) is 2.97. The van der Waals surface area contributed by atoms with Crippen molar-refractivity contribution in [3.8, 4) is 12.3 Å². The molecule has 0 aromatic rings. The van der Waals surface area contributed by atoms with E-state index in [1.54, 1.807) is 0 Å². The fraction of sp³-hybridized carbons (Fsp3) is 0.588.